The number of amides is 1. The lowest BCUT2D eigenvalue weighted by Crippen LogP contribution is -2.38. The van der Waals surface area contributed by atoms with Crippen LogP contribution < -0.4 is 11.1 Å². The first kappa shape index (κ1) is 20.5. The van der Waals surface area contributed by atoms with Gasteiger partial charge in [-0.05, 0) is 50.7 Å². The summed E-state index contributed by atoms with van der Waals surface area (Å²) in [6.07, 6.45) is 7.39. The summed E-state index contributed by atoms with van der Waals surface area (Å²) in [5, 5.41) is 3.45. The zero-order valence-electron chi connectivity index (χ0n) is 17.5. The number of nitrogens with zero attached hydrogens (tertiary/aromatic N) is 5. The molecule has 0 aromatic carbocycles. The van der Waals surface area contributed by atoms with E-state index in [1.165, 1.54) is 0 Å². The lowest BCUT2D eigenvalue weighted by Gasteiger charge is -2.20. The van der Waals surface area contributed by atoms with E-state index in [9.17, 15) is 4.79 Å². The van der Waals surface area contributed by atoms with Crippen molar-refractivity contribution in [3.05, 3.63) is 53.7 Å². The molecule has 0 saturated carbocycles. The molecule has 164 valence electrons. The average molecular weight is 451 g/mol. The van der Waals surface area contributed by atoms with Crippen LogP contribution in [0.25, 0.3) is 28.3 Å². The number of carbonyl (C=O) groups excluding carboxylic acids is 1. The van der Waals surface area contributed by atoms with Crippen molar-refractivity contribution in [3.63, 3.8) is 0 Å². The molecule has 1 atom stereocenters. The van der Waals surface area contributed by atoms with Crippen molar-refractivity contribution in [3.8, 4) is 22.6 Å². The van der Waals surface area contributed by atoms with E-state index in [2.05, 4.69) is 37.2 Å². The fourth-order valence-electron chi connectivity index (χ4n) is 4.10. The molecule has 5 rings (SSSR count). The van der Waals surface area contributed by atoms with Crippen molar-refractivity contribution >= 4 is 29.0 Å². The molecule has 4 aromatic heterocycles. The molecule has 1 saturated heterocycles. The van der Waals surface area contributed by atoms with Crippen molar-refractivity contribution in [2.24, 2.45) is 0 Å². The number of aromatic nitrogens is 5. The minimum atomic E-state index is -0.337. The minimum Gasteiger partial charge on any atom is -0.382 e. The summed E-state index contributed by atoms with van der Waals surface area (Å²) < 4.78 is 1.75. The molecule has 4 aromatic rings. The third-order valence-corrected chi connectivity index (χ3v) is 6.17. The van der Waals surface area contributed by atoms with E-state index in [0.717, 1.165) is 30.6 Å². The smallest absolute Gasteiger partial charge is 0.273 e. The van der Waals surface area contributed by atoms with Gasteiger partial charge in [-0.25, -0.2) is 15.0 Å². The predicted molar refractivity (Wildman–Crippen MR) is 123 cm³/mol. The highest BCUT2D eigenvalue weighted by atomic mass is 35.5. The normalized spacial score (nSPS) is 16.6. The number of imidazole rings is 1. The third kappa shape index (κ3) is 3.69. The summed E-state index contributed by atoms with van der Waals surface area (Å²) in [6, 6.07) is 7.78. The summed E-state index contributed by atoms with van der Waals surface area (Å²) in [5.74, 6) is -0.256. The Morgan fingerprint density at radius 2 is 2.19 bits per heavy atom. The van der Waals surface area contributed by atoms with Crippen LogP contribution in [0.4, 0.5) is 5.82 Å². The zero-order valence-corrected chi connectivity index (χ0v) is 18.3. The van der Waals surface area contributed by atoms with Gasteiger partial charge in [-0.1, -0.05) is 11.6 Å². The van der Waals surface area contributed by atoms with Crippen molar-refractivity contribution in [2.75, 3.05) is 25.9 Å². The molecule has 0 spiro atoms. The fourth-order valence-corrected chi connectivity index (χ4v) is 4.29. The number of aromatic amines is 1. The summed E-state index contributed by atoms with van der Waals surface area (Å²) in [4.78, 5) is 31.8. The lowest BCUT2D eigenvalue weighted by molar-refractivity contribution is 0.0939. The Balaban J connectivity index is 1.55. The lowest BCUT2D eigenvalue weighted by atomic mass is 10.1. The molecule has 0 unspecified atom stereocenters. The van der Waals surface area contributed by atoms with Crippen LogP contribution in [0.3, 0.4) is 0 Å². The number of hydrogen-bond acceptors (Lipinski definition) is 6. The van der Waals surface area contributed by atoms with Gasteiger partial charge >= 0.3 is 0 Å². The van der Waals surface area contributed by atoms with Crippen molar-refractivity contribution < 1.29 is 4.79 Å². The maximum atomic E-state index is 13.0. The number of H-pyrrole nitrogens is 1. The Kier molecular flexibility index (Phi) is 5.28. The monoisotopic (exact) mass is 450 g/mol. The number of likely N-dealkylation sites (tertiary alicyclic amines) is 1. The molecule has 4 N–H and O–H groups in total. The first-order valence-electron chi connectivity index (χ1n) is 10.4. The SMILES string of the molecule is CN1CCC[C@@H]1CNC(=O)c1nc(-c2ccc3ncc(Cl)n3c2)c(-c2ccc[nH]2)nc1N. The molecule has 1 fully saturated rings. The molecular weight excluding hydrogens is 428 g/mol. The van der Waals surface area contributed by atoms with Crippen LogP contribution >= 0.6 is 11.6 Å². The minimum absolute atomic E-state index is 0.0809. The van der Waals surface area contributed by atoms with Crippen LogP contribution in [0.1, 0.15) is 23.3 Å². The van der Waals surface area contributed by atoms with Crippen LogP contribution in [0.5, 0.6) is 0 Å². The highest BCUT2D eigenvalue weighted by Crippen LogP contribution is 2.31. The van der Waals surface area contributed by atoms with Crippen LogP contribution in [0, 0.1) is 0 Å². The van der Waals surface area contributed by atoms with E-state index < -0.39 is 0 Å². The Morgan fingerprint density at radius 1 is 1.31 bits per heavy atom. The van der Waals surface area contributed by atoms with E-state index in [1.807, 2.05) is 30.5 Å². The summed E-state index contributed by atoms with van der Waals surface area (Å²) >= 11 is 6.26. The Labute approximate surface area is 189 Å². The van der Waals surface area contributed by atoms with E-state index in [0.29, 0.717) is 34.8 Å². The number of halogens is 1. The topological polar surface area (TPSA) is 117 Å². The molecule has 1 aliphatic heterocycles. The first-order valence-corrected chi connectivity index (χ1v) is 10.8. The molecule has 9 nitrogen and oxygen atoms in total. The maximum Gasteiger partial charge on any atom is 0.273 e. The summed E-state index contributed by atoms with van der Waals surface area (Å²) in [5.41, 5.74) is 9.56. The number of hydrogen-bond donors (Lipinski definition) is 3. The van der Waals surface area contributed by atoms with Crippen molar-refractivity contribution in [1.29, 1.82) is 0 Å². The quantitative estimate of drug-likeness (QED) is 0.430. The third-order valence-electron chi connectivity index (χ3n) is 5.89. The average Bonchev–Trinajstić information content (AvgIpc) is 3.54. The summed E-state index contributed by atoms with van der Waals surface area (Å²) in [7, 11) is 2.07. The molecule has 0 bridgehead atoms. The number of carbonyl (C=O) groups is 1. The largest absolute Gasteiger partial charge is 0.382 e. The number of fused-ring (bicyclic) bond motifs is 1. The second-order valence-electron chi connectivity index (χ2n) is 7.95. The van der Waals surface area contributed by atoms with Gasteiger partial charge in [0.2, 0.25) is 0 Å². The molecule has 32 heavy (non-hydrogen) atoms. The molecule has 1 aliphatic rings. The van der Waals surface area contributed by atoms with Gasteiger partial charge in [0.15, 0.2) is 11.5 Å². The fraction of sp³-hybridized carbons (Fsp3) is 0.273. The Morgan fingerprint density at radius 3 is 2.94 bits per heavy atom. The van der Waals surface area contributed by atoms with Gasteiger partial charge in [0.25, 0.3) is 5.91 Å². The van der Waals surface area contributed by atoms with Gasteiger partial charge < -0.3 is 20.9 Å². The van der Waals surface area contributed by atoms with E-state index in [-0.39, 0.29) is 17.4 Å². The molecule has 0 radical (unpaired) electrons. The second kappa shape index (κ2) is 8.25. The van der Waals surface area contributed by atoms with Gasteiger partial charge in [-0.15, -0.1) is 0 Å². The number of anilines is 1. The molecule has 0 aliphatic carbocycles. The van der Waals surface area contributed by atoms with Gasteiger partial charge in [-0.2, -0.15) is 0 Å². The predicted octanol–water partition coefficient (Wildman–Crippen LogP) is 2.85. The molecule has 5 heterocycles. The number of nitrogens with two attached hydrogens (primary N) is 1. The maximum absolute atomic E-state index is 13.0. The Bertz CT molecular complexity index is 1280. The standard InChI is InChI=1S/C22H23ClN8O/c1-30-9-3-4-14(30)10-27-22(32)20-21(24)29-19(15-5-2-8-25-15)18(28-20)13-6-7-17-26-11-16(23)31(17)12-13/h2,5-8,11-12,14,25H,3-4,9-10H2,1H3,(H2,24,29)(H,27,32)/t14-/m1/s1. The van der Waals surface area contributed by atoms with Gasteiger partial charge in [0, 0.05) is 30.5 Å². The van der Waals surface area contributed by atoms with Crippen LogP contribution in [0.15, 0.2) is 42.9 Å². The van der Waals surface area contributed by atoms with Crippen LogP contribution in [0.2, 0.25) is 5.15 Å². The van der Waals surface area contributed by atoms with Crippen molar-refractivity contribution in [2.45, 2.75) is 18.9 Å². The van der Waals surface area contributed by atoms with Gasteiger partial charge in [-0.3, -0.25) is 9.20 Å². The van der Waals surface area contributed by atoms with E-state index in [4.69, 9.17) is 17.3 Å². The highest BCUT2D eigenvalue weighted by Gasteiger charge is 2.24. The zero-order chi connectivity index (χ0) is 22.2. The number of likely N-dealkylation sites (N-methyl/N-ethyl adjacent to an activating group) is 1. The highest BCUT2D eigenvalue weighted by molar-refractivity contribution is 6.29. The number of pyridine rings is 1. The number of nitrogens with one attached hydrogen (secondary N) is 2. The van der Waals surface area contributed by atoms with Crippen molar-refractivity contribution in [1.82, 2.24) is 34.6 Å². The molecule has 10 heteroatoms. The Hall–Kier alpha value is -3.43. The first-order chi connectivity index (χ1) is 15.5. The second-order valence-corrected chi connectivity index (χ2v) is 8.34. The van der Waals surface area contributed by atoms with Gasteiger partial charge in [0.05, 0.1) is 11.9 Å². The molecule has 1 amide bonds. The number of nitrogen functional groups attached to an aromatic ring is 1. The molecular formula is C22H23ClN8O. The van der Waals surface area contributed by atoms with Crippen LogP contribution in [-0.2, 0) is 0 Å². The summed E-state index contributed by atoms with van der Waals surface area (Å²) in [6.45, 7) is 1.58. The van der Waals surface area contributed by atoms with Crippen LogP contribution in [-0.4, -0.2) is 61.3 Å². The van der Waals surface area contributed by atoms with Gasteiger partial charge in [0.1, 0.15) is 22.2 Å². The number of rotatable bonds is 5. The van der Waals surface area contributed by atoms with E-state index >= 15 is 0 Å². The van der Waals surface area contributed by atoms with E-state index in [1.54, 1.807) is 16.8 Å².